The largest absolute Gasteiger partial charge is 0.340 e. The summed E-state index contributed by atoms with van der Waals surface area (Å²) in [5.41, 5.74) is 2.15. The quantitative estimate of drug-likeness (QED) is 0.781. The first-order valence-corrected chi connectivity index (χ1v) is 10.9. The Morgan fingerprint density at radius 1 is 1.00 bits per heavy atom. The SMILES string of the molecule is CCN1CCN(C(=O)C2CCC(C(=O)N(CC)c3cccc(C)c3)CC2)CC1. The standard InChI is InChI=1S/C23H35N3O2/c1-4-24-13-15-25(16-14-24)22(27)19-9-11-20(12-10-19)23(28)26(5-2)21-8-6-7-18(3)17-21/h6-8,17,19-20H,4-5,9-16H2,1-3H3. The number of rotatable bonds is 5. The molecule has 0 unspecified atom stereocenters. The summed E-state index contributed by atoms with van der Waals surface area (Å²) >= 11 is 0. The number of amides is 2. The molecular weight excluding hydrogens is 350 g/mol. The van der Waals surface area contributed by atoms with E-state index in [1.165, 1.54) is 5.56 Å². The van der Waals surface area contributed by atoms with E-state index in [1.807, 2.05) is 28.9 Å². The summed E-state index contributed by atoms with van der Waals surface area (Å²) in [5, 5.41) is 0. The average Bonchev–Trinajstić information content (AvgIpc) is 2.74. The molecule has 1 heterocycles. The maximum atomic E-state index is 13.1. The van der Waals surface area contributed by atoms with E-state index in [2.05, 4.69) is 30.9 Å². The third kappa shape index (κ3) is 4.75. The number of carbonyl (C=O) groups is 2. The van der Waals surface area contributed by atoms with Crippen molar-refractivity contribution in [2.24, 2.45) is 11.8 Å². The Labute approximate surface area is 169 Å². The molecule has 5 nitrogen and oxygen atoms in total. The molecule has 3 rings (SSSR count). The predicted octanol–water partition coefficient (Wildman–Crippen LogP) is 3.32. The molecule has 2 fully saturated rings. The second kappa shape index (κ2) is 9.55. The molecule has 2 amide bonds. The fraction of sp³-hybridized carbons (Fsp3) is 0.652. The maximum Gasteiger partial charge on any atom is 0.230 e. The van der Waals surface area contributed by atoms with Crippen molar-refractivity contribution in [2.45, 2.75) is 46.5 Å². The van der Waals surface area contributed by atoms with E-state index in [-0.39, 0.29) is 17.7 Å². The van der Waals surface area contributed by atoms with Crippen molar-refractivity contribution in [2.75, 3.05) is 44.2 Å². The Bertz CT molecular complexity index is 674. The predicted molar refractivity (Wildman–Crippen MR) is 113 cm³/mol. The fourth-order valence-corrected chi connectivity index (χ4v) is 4.61. The molecule has 0 atom stereocenters. The van der Waals surface area contributed by atoms with Crippen LogP contribution < -0.4 is 4.90 Å². The van der Waals surface area contributed by atoms with Crippen LogP contribution in [-0.4, -0.2) is 60.9 Å². The number of benzene rings is 1. The van der Waals surface area contributed by atoms with Crippen LogP contribution in [0, 0.1) is 18.8 Å². The molecule has 0 bridgehead atoms. The van der Waals surface area contributed by atoms with Crippen molar-refractivity contribution in [1.82, 2.24) is 9.80 Å². The van der Waals surface area contributed by atoms with Gasteiger partial charge >= 0.3 is 0 Å². The van der Waals surface area contributed by atoms with Crippen LogP contribution >= 0.6 is 0 Å². The lowest BCUT2D eigenvalue weighted by atomic mass is 9.80. The Hall–Kier alpha value is -1.88. The second-order valence-electron chi connectivity index (χ2n) is 8.23. The second-order valence-corrected chi connectivity index (χ2v) is 8.23. The van der Waals surface area contributed by atoms with Crippen molar-refractivity contribution in [3.05, 3.63) is 29.8 Å². The lowest BCUT2D eigenvalue weighted by Crippen LogP contribution is -2.50. The Balaban J connectivity index is 1.54. The molecule has 0 radical (unpaired) electrons. The molecule has 154 valence electrons. The molecule has 1 aliphatic heterocycles. The topological polar surface area (TPSA) is 43.9 Å². The van der Waals surface area contributed by atoms with Crippen molar-refractivity contribution in [3.8, 4) is 0 Å². The van der Waals surface area contributed by atoms with E-state index in [0.717, 1.165) is 64.1 Å². The monoisotopic (exact) mass is 385 g/mol. The van der Waals surface area contributed by atoms with Gasteiger partial charge in [-0.15, -0.1) is 0 Å². The molecular formula is C23H35N3O2. The van der Waals surface area contributed by atoms with Gasteiger partial charge in [0.25, 0.3) is 0 Å². The number of nitrogens with zero attached hydrogens (tertiary/aromatic N) is 3. The molecule has 1 saturated carbocycles. The first-order chi connectivity index (χ1) is 13.5. The van der Waals surface area contributed by atoms with Gasteiger partial charge in [0.05, 0.1) is 0 Å². The van der Waals surface area contributed by atoms with Crippen LogP contribution in [0.2, 0.25) is 0 Å². The summed E-state index contributed by atoms with van der Waals surface area (Å²) in [6, 6.07) is 8.15. The van der Waals surface area contributed by atoms with Crippen molar-refractivity contribution >= 4 is 17.5 Å². The number of hydrogen-bond acceptors (Lipinski definition) is 3. The normalized spacial score (nSPS) is 23.5. The smallest absolute Gasteiger partial charge is 0.230 e. The number of aryl methyl sites for hydroxylation is 1. The first kappa shape index (κ1) is 20.8. The van der Waals surface area contributed by atoms with Crippen LogP contribution in [0.15, 0.2) is 24.3 Å². The third-order valence-electron chi connectivity index (χ3n) is 6.45. The Kier molecular flexibility index (Phi) is 7.11. The highest BCUT2D eigenvalue weighted by Gasteiger charge is 2.34. The highest BCUT2D eigenvalue weighted by atomic mass is 16.2. The molecule has 0 N–H and O–H groups in total. The minimum Gasteiger partial charge on any atom is -0.340 e. The van der Waals surface area contributed by atoms with Gasteiger partial charge in [0.1, 0.15) is 0 Å². The van der Waals surface area contributed by atoms with Crippen molar-refractivity contribution < 1.29 is 9.59 Å². The minimum atomic E-state index is 0.0430. The lowest BCUT2D eigenvalue weighted by molar-refractivity contribution is -0.139. The Morgan fingerprint density at radius 2 is 1.64 bits per heavy atom. The number of likely N-dealkylation sites (N-methyl/N-ethyl adjacent to an activating group) is 1. The average molecular weight is 386 g/mol. The van der Waals surface area contributed by atoms with E-state index < -0.39 is 0 Å². The highest BCUT2D eigenvalue weighted by Crippen LogP contribution is 2.32. The van der Waals surface area contributed by atoms with E-state index in [1.54, 1.807) is 0 Å². The van der Waals surface area contributed by atoms with Crippen molar-refractivity contribution in [3.63, 3.8) is 0 Å². The van der Waals surface area contributed by atoms with Crippen LogP contribution in [0.25, 0.3) is 0 Å². The van der Waals surface area contributed by atoms with E-state index in [0.29, 0.717) is 12.5 Å². The van der Waals surface area contributed by atoms with Crippen LogP contribution in [0.1, 0.15) is 45.1 Å². The molecule has 1 aromatic rings. The van der Waals surface area contributed by atoms with Crippen LogP contribution in [-0.2, 0) is 9.59 Å². The molecule has 5 heteroatoms. The summed E-state index contributed by atoms with van der Waals surface area (Å²) < 4.78 is 0. The summed E-state index contributed by atoms with van der Waals surface area (Å²) in [5.74, 6) is 0.677. The van der Waals surface area contributed by atoms with E-state index in [9.17, 15) is 9.59 Å². The summed E-state index contributed by atoms with van der Waals surface area (Å²) in [7, 11) is 0. The zero-order valence-electron chi connectivity index (χ0n) is 17.7. The maximum absolute atomic E-state index is 13.1. The summed E-state index contributed by atoms with van der Waals surface area (Å²) in [6.07, 6.45) is 3.34. The van der Waals surface area contributed by atoms with Gasteiger partial charge in [0.15, 0.2) is 0 Å². The highest BCUT2D eigenvalue weighted by molar-refractivity contribution is 5.95. The van der Waals surface area contributed by atoms with Crippen LogP contribution in [0.4, 0.5) is 5.69 Å². The lowest BCUT2D eigenvalue weighted by Gasteiger charge is -2.38. The van der Waals surface area contributed by atoms with E-state index in [4.69, 9.17) is 0 Å². The van der Waals surface area contributed by atoms with Crippen molar-refractivity contribution in [1.29, 1.82) is 0 Å². The van der Waals surface area contributed by atoms with Gasteiger partial charge in [-0.05, 0) is 63.8 Å². The van der Waals surface area contributed by atoms with Crippen LogP contribution in [0.3, 0.4) is 0 Å². The van der Waals surface area contributed by atoms with Gasteiger partial charge in [0, 0.05) is 50.2 Å². The molecule has 0 aromatic heterocycles. The first-order valence-electron chi connectivity index (χ1n) is 10.9. The van der Waals surface area contributed by atoms with Gasteiger partial charge in [-0.25, -0.2) is 0 Å². The fourth-order valence-electron chi connectivity index (χ4n) is 4.61. The summed E-state index contributed by atoms with van der Waals surface area (Å²) in [6.45, 7) is 11.7. The molecule has 1 aliphatic carbocycles. The molecule has 1 saturated heterocycles. The molecule has 2 aliphatic rings. The zero-order chi connectivity index (χ0) is 20.1. The van der Waals surface area contributed by atoms with Crippen LogP contribution in [0.5, 0.6) is 0 Å². The van der Waals surface area contributed by atoms with Gasteiger partial charge in [-0.2, -0.15) is 0 Å². The molecule has 0 spiro atoms. The van der Waals surface area contributed by atoms with Gasteiger partial charge in [-0.1, -0.05) is 19.1 Å². The van der Waals surface area contributed by atoms with Gasteiger partial charge in [-0.3, -0.25) is 9.59 Å². The Morgan fingerprint density at radius 3 is 2.21 bits per heavy atom. The summed E-state index contributed by atoms with van der Waals surface area (Å²) in [4.78, 5) is 32.3. The molecule has 28 heavy (non-hydrogen) atoms. The zero-order valence-corrected chi connectivity index (χ0v) is 17.7. The number of carbonyl (C=O) groups excluding carboxylic acids is 2. The number of hydrogen-bond donors (Lipinski definition) is 0. The minimum absolute atomic E-state index is 0.0430. The molecule has 1 aromatic carbocycles. The van der Waals surface area contributed by atoms with E-state index >= 15 is 0 Å². The third-order valence-corrected chi connectivity index (χ3v) is 6.45. The number of anilines is 1. The van der Waals surface area contributed by atoms with Gasteiger partial charge < -0.3 is 14.7 Å². The van der Waals surface area contributed by atoms with Gasteiger partial charge in [0.2, 0.25) is 11.8 Å². The number of piperazine rings is 1.